The maximum Gasteiger partial charge on any atom is 0.126 e. The molecule has 2 nitrogen and oxygen atoms in total. The highest BCUT2D eigenvalue weighted by Crippen LogP contribution is 2.20. The minimum Gasteiger partial charge on any atom is -0.310 e. The summed E-state index contributed by atoms with van der Waals surface area (Å²) in [5, 5.41) is 3.45. The zero-order valence-corrected chi connectivity index (χ0v) is 10.8. The van der Waals surface area contributed by atoms with E-state index in [-0.39, 0.29) is 5.82 Å². The number of halogens is 1. The van der Waals surface area contributed by atoms with E-state index in [0.29, 0.717) is 12.5 Å². The van der Waals surface area contributed by atoms with Crippen molar-refractivity contribution in [2.75, 3.05) is 0 Å². The van der Waals surface area contributed by atoms with Gasteiger partial charge in [-0.3, -0.25) is 4.98 Å². The van der Waals surface area contributed by atoms with Crippen LogP contribution >= 0.6 is 0 Å². The van der Waals surface area contributed by atoms with Gasteiger partial charge >= 0.3 is 0 Å². The summed E-state index contributed by atoms with van der Waals surface area (Å²) in [4.78, 5) is 3.98. The Morgan fingerprint density at radius 1 is 1.11 bits per heavy atom. The van der Waals surface area contributed by atoms with Gasteiger partial charge in [-0.15, -0.1) is 0 Å². The Balaban J connectivity index is 1.73. The number of aromatic nitrogens is 1. The Hall–Kier alpha value is -1.74. The van der Waals surface area contributed by atoms with Crippen LogP contribution in [-0.2, 0) is 13.0 Å². The number of benzene rings is 1. The maximum atomic E-state index is 13.8. The van der Waals surface area contributed by atoms with Gasteiger partial charge in [-0.25, -0.2) is 4.39 Å². The highest BCUT2D eigenvalue weighted by atomic mass is 19.1. The summed E-state index contributed by atoms with van der Waals surface area (Å²) in [6.07, 6.45) is 6.64. The Labute approximate surface area is 112 Å². The Morgan fingerprint density at radius 3 is 2.63 bits per heavy atom. The molecule has 1 fully saturated rings. The van der Waals surface area contributed by atoms with Crippen molar-refractivity contribution in [2.24, 2.45) is 0 Å². The summed E-state index contributed by atoms with van der Waals surface area (Å²) in [5.74, 6) is -0.132. The van der Waals surface area contributed by atoms with E-state index in [4.69, 9.17) is 0 Å². The molecule has 0 unspecified atom stereocenters. The third-order valence-electron chi connectivity index (χ3n) is 3.43. The molecular formula is C16H17FN2. The fourth-order valence-electron chi connectivity index (χ4n) is 2.14. The van der Waals surface area contributed by atoms with Gasteiger partial charge in [-0.05, 0) is 47.7 Å². The van der Waals surface area contributed by atoms with Crippen LogP contribution in [0.1, 0.15) is 29.5 Å². The molecule has 1 aliphatic carbocycles. The largest absolute Gasteiger partial charge is 0.310 e. The molecular weight excluding hydrogens is 239 g/mol. The number of pyridine rings is 1. The number of hydrogen-bond acceptors (Lipinski definition) is 2. The molecule has 0 spiro atoms. The lowest BCUT2D eigenvalue weighted by Gasteiger charge is -2.08. The molecule has 0 aliphatic heterocycles. The average molecular weight is 256 g/mol. The molecule has 0 amide bonds. The first kappa shape index (κ1) is 12.3. The lowest BCUT2D eigenvalue weighted by molar-refractivity contribution is 0.610. The quantitative estimate of drug-likeness (QED) is 0.889. The van der Waals surface area contributed by atoms with Gasteiger partial charge in [0.15, 0.2) is 0 Å². The molecule has 1 aliphatic rings. The highest BCUT2D eigenvalue weighted by Gasteiger charge is 2.20. The van der Waals surface area contributed by atoms with E-state index in [9.17, 15) is 4.39 Å². The first-order chi connectivity index (χ1) is 9.31. The molecule has 1 heterocycles. The molecule has 3 heteroatoms. The van der Waals surface area contributed by atoms with Gasteiger partial charge in [-0.1, -0.05) is 12.1 Å². The molecule has 2 aromatic rings. The first-order valence-corrected chi connectivity index (χ1v) is 6.71. The van der Waals surface area contributed by atoms with Crippen molar-refractivity contribution in [2.45, 2.75) is 31.8 Å². The maximum absolute atomic E-state index is 13.8. The van der Waals surface area contributed by atoms with E-state index in [2.05, 4.69) is 10.3 Å². The second-order valence-corrected chi connectivity index (χ2v) is 5.11. The Morgan fingerprint density at radius 2 is 1.89 bits per heavy atom. The standard InChI is InChI=1S/C16H17FN2/c17-16-4-1-13(11-19-15-2-3-15)10-14(16)9-12-5-7-18-8-6-12/h1,4-8,10,15,19H,2-3,9,11H2. The lowest BCUT2D eigenvalue weighted by atomic mass is 10.0. The normalized spacial score (nSPS) is 14.6. The van der Waals surface area contributed by atoms with Crippen molar-refractivity contribution in [3.8, 4) is 0 Å². The van der Waals surface area contributed by atoms with Crippen molar-refractivity contribution in [3.05, 3.63) is 65.2 Å². The summed E-state index contributed by atoms with van der Waals surface area (Å²) in [6.45, 7) is 0.828. The number of nitrogens with one attached hydrogen (secondary N) is 1. The predicted octanol–water partition coefficient (Wildman–Crippen LogP) is 3.06. The van der Waals surface area contributed by atoms with Crippen LogP contribution in [0.4, 0.5) is 4.39 Å². The summed E-state index contributed by atoms with van der Waals surface area (Å²) in [7, 11) is 0. The smallest absolute Gasteiger partial charge is 0.126 e. The molecule has 19 heavy (non-hydrogen) atoms. The van der Waals surface area contributed by atoms with E-state index in [1.807, 2.05) is 24.3 Å². The van der Waals surface area contributed by atoms with Gasteiger partial charge in [0.05, 0.1) is 0 Å². The summed E-state index contributed by atoms with van der Waals surface area (Å²) >= 11 is 0. The van der Waals surface area contributed by atoms with Crippen LogP contribution in [0.3, 0.4) is 0 Å². The fraction of sp³-hybridized carbons (Fsp3) is 0.312. The van der Waals surface area contributed by atoms with Crippen molar-refractivity contribution in [3.63, 3.8) is 0 Å². The van der Waals surface area contributed by atoms with Crippen LogP contribution in [0.2, 0.25) is 0 Å². The lowest BCUT2D eigenvalue weighted by Crippen LogP contribution is -2.15. The van der Waals surface area contributed by atoms with Gasteiger partial charge in [-0.2, -0.15) is 0 Å². The van der Waals surface area contributed by atoms with Crippen LogP contribution in [0.15, 0.2) is 42.7 Å². The molecule has 0 radical (unpaired) electrons. The molecule has 1 aromatic carbocycles. The van der Waals surface area contributed by atoms with E-state index >= 15 is 0 Å². The number of hydrogen-bond donors (Lipinski definition) is 1. The van der Waals surface area contributed by atoms with Crippen molar-refractivity contribution < 1.29 is 4.39 Å². The van der Waals surface area contributed by atoms with E-state index in [0.717, 1.165) is 23.2 Å². The van der Waals surface area contributed by atoms with Crippen LogP contribution in [0.5, 0.6) is 0 Å². The van der Waals surface area contributed by atoms with E-state index in [1.165, 1.54) is 12.8 Å². The van der Waals surface area contributed by atoms with Crippen LogP contribution in [-0.4, -0.2) is 11.0 Å². The highest BCUT2D eigenvalue weighted by molar-refractivity contribution is 5.30. The molecule has 1 N–H and O–H groups in total. The van der Waals surface area contributed by atoms with Crippen molar-refractivity contribution in [1.29, 1.82) is 0 Å². The molecule has 98 valence electrons. The first-order valence-electron chi connectivity index (χ1n) is 6.71. The monoisotopic (exact) mass is 256 g/mol. The molecule has 1 saturated carbocycles. The summed E-state index contributed by atoms with van der Waals surface area (Å²) in [6, 6.07) is 9.92. The fourth-order valence-corrected chi connectivity index (χ4v) is 2.14. The second kappa shape index (κ2) is 5.49. The molecule has 0 bridgehead atoms. The zero-order valence-electron chi connectivity index (χ0n) is 10.8. The second-order valence-electron chi connectivity index (χ2n) is 5.11. The van der Waals surface area contributed by atoms with E-state index in [1.54, 1.807) is 18.5 Å². The minimum atomic E-state index is -0.132. The van der Waals surface area contributed by atoms with Gasteiger partial charge in [0, 0.05) is 31.4 Å². The predicted molar refractivity (Wildman–Crippen MR) is 73.3 cm³/mol. The molecule has 3 rings (SSSR count). The Bertz CT molecular complexity index is 550. The summed E-state index contributed by atoms with van der Waals surface area (Å²) < 4.78 is 13.8. The summed E-state index contributed by atoms with van der Waals surface area (Å²) in [5.41, 5.74) is 2.99. The van der Waals surface area contributed by atoms with Gasteiger partial charge in [0.2, 0.25) is 0 Å². The third-order valence-corrected chi connectivity index (χ3v) is 3.43. The number of rotatable bonds is 5. The van der Waals surface area contributed by atoms with E-state index < -0.39 is 0 Å². The van der Waals surface area contributed by atoms with Gasteiger partial charge in [0.25, 0.3) is 0 Å². The topological polar surface area (TPSA) is 24.9 Å². The minimum absolute atomic E-state index is 0.132. The molecule has 0 saturated heterocycles. The Kier molecular flexibility index (Phi) is 3.56. The van der Waals surface area contributed by atoms with Crippen molar-refractivity contribution >= 4 is 0 Å². The molecule has 0 atom stereocenters. The van der Waals surface area contributed by atoms with Gasteiger partial charge in [0.1, 0.15) is 5.82 Å². The van der Waals surface area contributed by atoms with Crippen LogP contribution in [0.25, 0.3) is 0 Å². The van der Waals surface area contributed by atoms with Gasteiger partial charge < -0.3 is 5.32 Å². The molecule has 1 aromatic heterocycles. The average Bonchev–Trinajstić information content (AvgIpc) is 3.25. The third kappa shape index (κ3) is 3.38. The van der Waals surface area contributed by atoms with Crippen LogP contribution in [0, 0.1) is 5.82 Å². The van der Waals surface area contributed by atoms with Crippen molar-refractivity contribution in [1.82, 2.24) is 10.3 Å². The SMILES string of the molecule is Fc1ccc(CNC2CC2)cc1Cc1ccncc1. The zero-order chi connectivity index (χ0) is 13.1. The van der Waals surface area contributed by atoms with Crippen LogP contribution < -0.4 is 5.32 Å². The number of nitrogens with zero attached hydrogens (tertiary/aromatic N) is 1.